The Hall–Kier alpha value is -1.54. The number of amides is 1. The van der Waals surface area contributed by atoms with Gasteiger partial charge in [-0.25, -0.2) is 13.4 Å². The Balaban J connectivity index is 1.67. The number of benzene rings is 1. The van der Waals surface area contributed by atoms with E-state index in [0.717, 1.165) is 5.52 Å². The zero-order chi connectivity index (χ0) is 18.0. The molecule has 6 nitrogen and oxygen atoms in total. The molecule has 1 amide bonds. The molecule has 1 aromatic carbocycles. The third-order valence-electron chi connectivity index (χ3n) is 4.12. The first-order chi connectivity index (χ1) is 11.8. The van der Waals surface area contributed by atoms with E-state index in [1.54, 1.807) is 4.90 Å². The summed E-state index contributed by atoms with van der Waals surface area (Å²) >= 11 is 1.25. The van der Waals surface area contributed by atoms with Gasteiger partial charge in [-0.1, -0.05) is 37.7 Å². The highest BCUT2D eigenvalue weighted by Gasteiger charge is 2.34. The van der Waals surface area contributed by atoms with E-state index in [0.29, 0.717) is 23.8 Å². The molecule has 0 unspecified atom stereocenters. The third kappa shape index (κ3) is 4.55. The molecular weight excluding hydrogens is 360 g/mol. The van der Waals surface area contributed by atoms with E-state index in [9.17, 15) is 13.2 Å². The maximum atomic E-state index is 12.7. The van der Waals surface area contributed by atoms with Gasteiger partial charge in [0.15, 0.2) is 15.4 Å². The second-order valence-corrected chi connectivity index (χ2v) is 9.89. The quantitative estimate of drug-likeness (QED) is 0.715. The van der Waals surface area contributed by atoms with Gasteiger partial charge in [0.1, 0.15) is 5.52 Å². The number of sulfone groups is 1. The normalized spacial score (nSPS) is 19.6. The van der Waals surface area contributed by atoms with Gasteiger partial charge in [-0.2, -0.15) is 0 Å². The highest BCUT2D eigenvalue weighted by Crippen LogP contribution is 2.25. The Morgan fingerprint density at radius 2 is 2.16 bits per heavy atom. The number of rotatable bonds is 6. The predicted octanol–water partition coefficient (Wildman–Crippen LogP) is 2.59. The molecule has 3 rings (SSSR count). The molecule has 1 aliphatic rings. The van der Waals surface area contributed by atoms with Gasteiger partial charge in [-0.05, 0) is 24.5 Å². The van der Waals surface area contributed by atoms with Crippen molar-refractivity contribution >= 4 is 38.6 Å². The van der Waals surface area contributed by atoms with Gasteiger partial charge >= 0.3 is 0 Å². The molecule has 1 aromatic heterocycles. The second kappa shape index (κ2) is 7.37. The maximum Gasteiger partial charge on any atom is 0.257 e. The Labute approximate surface area is 151 Å². The molecule has 0 bridgehead atoms. The summed E-state index contributed by atoms with van der Waals surface area (Å²) < 4.78 is 29.2. The Morgan fingerprint density at radius 1 is 1.40 bits per heavy atom. The van der Waals surface area contributed by atoms with Gasteiger partial charge < -0.3 is 9.32 Å². The zero-order valence-corrected chi connectivity index (χ0v) is 16.0. The van der Waals surface area contributed by atoms with E-state index in [-0.39, 0.29) is 35.1 Å². The lowest BCUT2D eigenvalue weighted by atomic mass is 10.1. The van der Waals surface area contributed by atoms with Gasteiger partial charge in [-0.15, -0.1) is 0 Å². The number of oxazole rings is 1. The molecule has 0 saturated carbocycles. The molecule has 2 heterocycles. The first-order valence-electron chi connectivity index (χ1n) is 8.32. The number of carbonyl (C=O) groups is 1. The molecule has 1 atom stereocenters. The highest BCUT2D eigenvalue weighted by atomic mass is 32.2. The van der Waals surface area contributed by atoms with Crippen LogP contribution < -0.4 is 0 Å². The van der Waals surface area contributed by atoms with Gasteiger partial charge in [0.2, 0.25) is 5.91 Å². The van der Waals surface area contributed by atoms with Crippen LogP contribution in [0.25, 0.3) is 11.1 Å². The van der Waals surface area contributed by atoms with E-state index in [4.69, 9.17) is 4.42 Å². The SMILES string of the molecule is CC(C)CN(C(=O)CSc1nc2ccccc2o1)[C@@H]1CCS(=O)(=O)C1. The van der Waals surface area contributed by atoms with Crippen molar-refractivity contribution in [3.05, 3.63) is 24.3 Å². The average molecular weight is 383 g/mol. The minimum Gasteiger partial charge on any atom is -0.431 e. The van der Waals surface area contributed by atoms with Crippen LogP contribution in [-0.4, -0.2) is 54.1 Å². The molecule has 1 fully saturated rings. The summed E-state index contributed by atoms with van der Waals surface area (Å²) in [6.45, 7) is 4.61. The van der Waals surface area contributed by atoms with Crippen molar-refractivity contribution in [2.24, 2.45) is 5.92 Å². The fourth-order valence-electron chi connectivity index (χ4n) is 2.99. The number of para-hydroxylation sites is 2. The standard InChI is InChI=1S/C17H22N2O4S2/c1-12(2)9-19(13-7-8-25(21,22)11-13)16(20)10-24-17-18-14-5-3-4-6-15(14)23-17/h3-6,12-13H,7-11H2,1-2H3/t13-/m1/s1. The van der Waals surface area contributed by atoms with Crippen LogP contribution >= 0.6 is 11.8 Å². The summed E-state index contributed by atoms with van der Waals surface area (Å²) in [6, 6.07) is 7.24. The zero-order valence-electron chi connectivity index (χ0n) is 14.3. The first-order valence-corrected chi connectivity index (χ1v) is 11.1. The topological polar surface area (TPSA) is 80.5 Å². The predicted molar refractivity (Wildman–Crippen MR) is 98.3 cm³/mol. The van der Waals surface area contributed by atoms with Crippen LogP contribution in [0.4, 0.5) is 0 Å². The molecule has 8 heteroatoms. The van der Waals surface area contributed by atoms with Crippen LogP contribution in [0.15, 0.2) is 33.9 Å². The number of fused-ring (bicyclic) bond motifs is 1. The smallest absolute Gasteiger partial charge is 0.257 e. The summed E-state index contributed by atoms with van der Waals surface area (Å²) in [6.07, 6.45) is 0.522. The lowest BCUT2D eigenvalue weighted by Gasteiger charge is -2.29. The molecule has 0 radical (unpaired) electrons. The van der Waals surface area contributed by atoms with E-state index < -0.39 is 9.84 Å². The summed E-state index contributed by atoms with van der Waals surface area (Å²) in [5.74, 6) is 0.636. The Kier molecular flexibility index (Phi) is 5.38. The highest BCUT2D eigenvalue weighted by molar-refractivity contribution is 7.99. The van der Waals surface area contributed by atoms with Crippen molar-refractivity contribution in [3.8, 4) is 0 Å². The number of hydrogen-bond acceptors (Lipinski definition) is 6. The molecular formula is C17H22N2O4S2. The largest absolute Gasteiger partial charge is 0.431 e. The van der Waals surface area contributed by atoms with Crippen LogP contribution in [0.5, 0.6) is 0 Å². The summed E-state index contributed by atoms with van der Waals surface area (Å²) in [7, 11) is -3.03. The monoisotopic (exact) mass is 382 g/mol. The summed E-state index contributed by atoms with van der Waals surface area (Å²) in [5, 5.41) is 0.457. The molecule has 1 aliphatic heterocycles. The number of aromatic nitrogens is 1. The first kappa shape index (κ1) is 18.3. The second-order valence-electron chi connectivity index (χ2n) is 6.73. The van der Waals surface area contributed by atoms with Crippen LogP contribution in [0.1, 0.15) is 20.3 Å². The number of hydrogen-bond donors (Lipinski definition) is 0. The molecule has 0 aliphatic carbocycles. The molecule has 136 valence electrons. The fourth-order valence-corrected chi connectivity index (χ4v) is 5.44. The summed E-state index contributed by atoms with van der Waals surface area (Å²) in [4.78, 5) is 18.8. The van der Waals surface area contributed by atoms with Gasteiger partial charge in [-0.3, -0.25) is 4.79 Å². The summed E-state index contributed by atoms with van der Waals surface area (Å²) in [5.41, 5.74) is 1.46. The van der Waals surface area contributed by atoms with Gasteiger partial charge in [0.05, 0.1) is 17.3 Å². The van der Waals surface area contributed by atoms with Crippen molar-refractivity contribution in [1.82, 2.24) is 9.88 Å². The van der Waals surface area contributed by atoms with Crippen molar-refractivity contribution in [3.63, 3.8) is 0 Å². The van der Waals surface area contributed by atoms with Crippen LogP contribution in [0, 0.1) is 5.92 Å². The maximum absolute atomic E-state index is 12.7. The van der Waals surface area contributed by atoms with Gasteiger partial charge in [0, 0.05) is 12.6 Å². The molecule has 1 saturated heterocycles. The van der Waals surface area contributed by atoms with Crippen LogP contribution in [-0.2, 0) is 14.6 Å². The Morgan fingerprint density at radius 3 is 2.80 bits per heavy atom. The van der Waals surface area contributed by atoms with Crippen molar-refractivity contribution in [2.45, 2.75) is 31.5 Å². The lowest BCUT2D eigenvalue weighted by molar-refractivity contribution is -0.130. The van der Waals surface area contributed by atoms with Crippen molar-refractivity contribution in [2.75, 3.05) is 23.8 Å². The van der Waals surface area contributed by atoms with E-state index in [1.165, 1.54) is 11.8 Å². The van der Waals surface area contributed by atoms with E-state index >= 15 is 0 Å². The van der Waals surface area contributed by atoms with Crippen molar-refractivity contribution < 1.29 is 17.6 Å². The minimum atomic E-state index is -3.03. The number of carbonyl (C=O) groups excluding carboxylic acids is 1. The molecule has 25 heavy (non-hydrogen) atoms. The number of nitrogens with zero attached hydrogens (tertiary/aromatic N) is 2. The van der Waals surface area contributed by atoms with Gasteiger partial charge in [0.25, 0.3) is 5.22 Å². The Bertz CT molecular complexity index is 827. The molecule has 0 spiro atoms. The minimum absolute atomic E-state index is 0.0666. The third-order valence-corrected chi connectivity index (χ3v) is 6.69. The fraction of sp³-hybridized carbons (Fsp3) is 0.529. The van der Waals surface area contributed by atoms with Crippen molar-refractivity contribution in [1.29, 1.82) is 0 Å². The number of thioether (sulfide) groups is 1. The molecule has 0 N–H and O–H groups in total. The van der Waals surface area contributed by atoms with E-state index in [2.05, 4.69) is 4.98 Å². The van der Waals surface area contributed by atoms with Crippen LogP contribution in [0.3, 0.4) is 0 Å². The lowest BCUT2D eigenvalue weighted by Crippen LogP contribution is -2.44. The van der Waals surface area contributed by atoms with E-state index in [1.807, 2.05) is 38.1 Å². The van der Waals surface area contributed by atoms with Crippen LogP contribution in [0.2, 0.25) is 0 Å². The average Bonchev–Trinajstić information content (AvgIpc) is 3.12. The molecule has 2 aromatic rings.